The number of amides is 2. The second-order valence-electron chi connectivity index (χ2n) is 5.92. The number of hydrogen-bond acceptors (Lipinski definition) is 5. The highest BCUT2D eigenvalue weighted by Crippen LogP contribution is 2.23. The molecule has 6 nitrogen and oxygen atoms in total. The van der Waals surface area contributed by atoms with Crippen LogP contribution in [0.4, 0.5) is 0 Å². The zero-order valence-corrected chi connectivity index (χ0v) is 19.4. The van der Waals surface area contributed by atoms with Crippen LogP contribution in [0.15, 0.2) is 34.5 Å². The maximum absolute atomic E-state index is 12.3. The Kier molecular flexibility index (Phi) is 11.2. The van der Waals surface area contributed by atoms with Gasteiger partial charge in [-0.2, -0.15) is 0 Å². The van der Waals surface area contributed by atoms with Crippen molar-refractivity contribution in [2.75, 3.05) is 32.9 Å². The molecule has 0 fully saturated rings. The van der Waals surface area contributed by atoms with Crippen LogP contribution in [0.2, 0.25) is 10.0 Å². The number of halogens is 2. The molecule has 2 amide bonds. The first-order valence-electron chi connectivity index (χ1n) is 9.30. The van der Waals surface area contributed by atoms with E-state index in [1.54, 1.807) is 19.2 Å². The summed E-state index contributed by atoms with van der Waals surface area (Å²) in [5.41, 5.74) is 1.11. The predicted octanol–water partition coefficient (Wildman–Crippen LogP) is 4.11. The van der Waals surface area contributed by atoms with Crippen molar-refractivity contribution in [3.8, 4) is 0 Å². The van der Waals surface area contributed by atoms with Gasteiger partial charge in [0.05, 0.1) is 33.8 Å². The monoisotopic (exact) mass is 459 g/mol. The topological polar surface area (TPSA) is 82.0 Å². The smallest absolute Gasteiger partial charge is 0.289 e. The Balaban J connectivity index is 0.00000204. The van der Waals surface area contributed by atoms with E-state index < -0.39 is 17.6 Å². The highest BCUT2D eigenvalue weighted by Gasteiger charge is 2.34. The Bertz CT molecular complexity index is 797. The van der Waals surface area contributed by atoms with Gasteiger partial charge in [-0.25, -0.2) is 0 Å². The summed E-state index contributed by atoms with van der Waals surface area (Å²) in [6.45, 7) is 4.76. The number of hydrogen-bond donors (Lipinski definition) is 2. The van der Waals surface area contributed by atoms with Gasteiger partial charge in [0.1, 0.15) is 0 Å². The van der Waals surface area contributed by atoms with Crippen molar-refractivity contribution >= 4 is 51.8 Å². The van der Waals surface area contributed by atoms with Crippen molar-refractivity contribution in [2.24, 2.45) is 4.99 Å². The number of nitrogens with one attached hydrogen (secondary N) is 1. The van der Waals surface area contributed by atoms with E-state index in [1.807, 2.05) is 26.2 Å². The fourth-order valence-electron chi connectivity index (χ4n) is 2.61. The Morgan fingerprint density at radius 3 is 2.59 bits per heavy atom. The lowest BCUT2D eigenvalue weighted by Crippen LogP contribution is -2.33. The second-order valence-corrected chi connectivity index (χ2v) is 7.61. The summed E-state index contributed by atoms with van der Waals surface area (Å²) in [6, 6.07) is 5.42. The molecule has 0 spiro atoms. The number of aliphatic hydroxyl groups is 1. The van der Waals surface area contributed by atoms with Gasteiger partial charge in [-0.1, -0.05) is 43.1 Å². The maximum Gasteiger partial charge on any atom is 0.289 e. The number of thioether (sulfide) groups is 1. The van der Waals surface area contributed by atoms with E-state index in [0.717, 1.165) is 17.0 Å². The van der Waals surface area contributed by atoms with Gasteiger partial charge in [0.2, 0.25) is 0 Å². The molecule has 160 valence electrons. The van der Waals surface area contributed by atoms with Gasteiger partial charge in [0.25, 0.3) is 11.8 Å². The molecule has 1 heterocycles. The molecule has 1 aromatic carbocycles. The number of benzene rings is 1. The molecule has 0 saturated heterocycles. The molecular formula is C20H27Cl2N3O3S. The highest BCUT2D eigenvalue weighted by atomic mass is 35.5. The number of aryl methyl sites for hydroxylation is 1. The Hall–Kier alpha value is -1.70. The van der Waals surface area contributed by atoms with E-state index in [-0.39, 0.29) is 18.7 Å². The van der Waals surface area contributed by atoms with Crippen molar-refractivity contribution in [2.45, 2.75) is 26.7 Å². The lowest BCUT2D eigenvalue weighted by Gasteiger charge is -2.16. The van der Waals surface area contributed by atoms with E-state index in [0.29, 0.717) is 23.0 Å². The first-order valence-corrected chi connectivity index (χ1v) is 11.3. The van der Waals surface area contributed by atoms with Crippen LogP contribution in [0.1, 0.15) is 25.8 Å². The maximum atomic E-state index is 12.3. The van der Waals surface area contributed by atoms with Crippen molar-refractivity contribution < 1.29 is 14.7 Å². The molecule has 1 aliphatic heterocycles. The summed E-state index contributed by atoms with van der Waals surface area (Å²) in [6.07, 6.45) is 3.27. The van der Waals surface area contributed by atoms with Crippen LogP contribution >= 0.6 is 35.0 Å². The third-order valence-corrected chi connectivity index (χ3v) is 5.64. The Morgan fingerprint density at radius 1 is 1.31 bits per heavy atom. The minimum Gasteiger partial charge on any atom is -0.503 e. The molecule has 0 unspecified atom stereocenters. The Labute approximate surface area is 186 Å². The molecule has 0 aliphatic carbocycles. The fraction of sp³-hybridized carbons (Fsp3) is 0.450. The average Bonchev–Trinajstić information content (AvgIpc) is 3.01. The van der Waals surface area contributed by atoms with E-state index in [9.17, 15) is 14.7 Å². The largest absolute Gasteiger partial charge is 0.503 e. The highest BCUT2D eigenvalue weighted by molar-refractivity contribution is 8.13. The molecule has 1 aromatic rings. The molecule has 0 saturated carbocycles. The summed E-state index contributed by atoms with van der Waals surface area (Å²) in [5, 5.41) is 14.5. The second kappa shape index (κ2) is 12.8. The summed E-state index contributed by atoms with van der Waals surface area (Å²) in [5.74, 6) is -1.48. The molecule has 29 heavy (non-hydrogen) atoms. The SMILES string of the molecule is CC.CN=C(CN1CC(C(=O)NCCCc2ccc(Cl)c(Cl)c2)=C(O)C1=O)SC. The lowest BCUT2D eigenvalue weighted by atomic mass is 10.1. The quantitative estimate of drug-likeness (QED) is 0.365. The third kappa shape index (κ3) is 7.24. The normalized spacial score (nSPS) is 14.1. The minimum atomic E-state index is -0.550. The third-order valence-electron chi connectivity index (χ3n) is 4.12. The average molecular weight is 460 g/mol. The zero-order valence-electron chi connectivity index (χ0n) is 17.1. The summed E-state index contributed by atoms with van der Waals surface area (Å²) in [7, 11) is 1.64. The molecule has 2 N–H and O–H groups in total. The van der Waals surface area contributed by atoms with Crippen molar-refractivity contribution in [1.82, 2.24) is 10.2 Å². The van der Waals surface area contributed by atoms with Crippen molar-refractivity contribution in [3.63, 3.8) is 0 Å². The van der Waals surface area contributed by atoms with Crippen molar-refractivity contribution in [3.05, 3.63) is 45.1 Å². The number of carbonyl (C=O) groups excluding carboxylic acids is 2. The first kappa shape index (κ1) is 25.3. The van der Waals surface area contributed by atoms with E-state index in [2.05, 4.69) is 10.3 Å². The zero-order chi connectivity index (χ0) is 22.0. The number of rotatable bonds is 7. The molecular weight excluding hydrogens is 433 g/mol. The van der Waals surface area contributed by atoms with E-state index in [4.69, 9.17) is 23.2 Å². The Morgan fingerprint density at radius 2 is 2.00 bits per heavy atom. The standard InChI is InChI=1S/C18H21Cl2N3O3S.C2H6/c1-21-15(27-2)10-23-9-12(16(24)18(23)26)17(25)22-7-3-4-11-5-6-13(19)14(20)8-11;1-2/h5-6,8,24H,3-4,7,9-10H2,1-2H3,(H,22,25);1-2H3. The minimum absolute atomic E-state index is 0.0723. The van der Waals surface area contributed by atoms with E-state index in [1.165, 1.54) is 16.7 Å². The predicted molar refractivity (Wildman–Crippen MR) is 122 cm³/mol. The van der Waals surface area contributed by atoms with Gasteiger partial charge >= 0.3 is 0 Å². The van der Waals surface area contributed by atoms with Crippen LogP contribution in [0.3, 0.4) is 0 Å². The summed E-state index contributed by atoms with van der Waals surface area (Å²) in [4.78, 5) is 29.9. The summed E-state index contributed by atoms with van der Waals surface area (Å²) >= 11 is 13.3. The van der Waals surface area contributed by atoms with Crippen LogP contribution < -0.4 is 5.32 Å². The number of nitrogens with zero attached hydrogens (tertiary/aromatic N) is 2. The fourth-order valence-corrected chi connectivity index (χ4v) is 3.40. The lowest BCUT2D eigenvalue weighted by molar-refractivity contribution is -0.127. The first-order chi connectivity index (χ1) is 13.9. The van der Waals surface area contributed by atoms with Crippen LogP contribution in [0, 0.1) is 0 Å². The van der Waals surface area contributed by atoms with Crippen LogP contribution in [-0.2, 0) is 16.0 Å². The molecule has 0 radical (unpaired) electrons. The van der Waals surface area contributed by atoms with Gasteiger partial charge < -0.3 is 15.3 Å². The number of aliphatic imine (C=N–C) groups is 1. The van der Waals surface area contributed by atoms with Crippen molar-refractivity contribution in [1.29, 1.82) is 0 Å². The number of carbonyl (C=O) groups is 2. The van der Waals surface area contributed by atoms with Gasteiger partial charge in [-0.3, -0.25) is 14.6 Å². The molecule has 0 atom stereocenters. The van der Waals surface area contributed by atoms with Crippen LogP contribution in [0.25, 0.3) is 0 Å². The van der Waals surface area contributed by atoms with Gasteiger partial charge in [-0.15, -0.1) is 11.8 Å². The van der Waals surface area contributed by atoms with Crippen LogP contribution in [-0.4, -0.2) is 59.8 Å². The van der Waals surface area contributed by atoms with Gasteiger partial charge in [0.15, 0.2) is 5.76 Å². The molecule has 9 heteroatoms. The van der Waals surface area contributed by atoms with Crippen LogP contribution in [0.5, 0.6) is 0 Å². The van der Waals surface area contributed by atoms with Gasteiger partial charge in [0, 0.05) is 13.6 Å². The molecule has 2 rings (SSSR count). The molecule has 0 aromatic heterocycles. The molecule has 0 bridgehead atoms. The summed E-state index contributed by atoms with van der Waals surface area (Å²) < 4.78 is 0. The molecule has 1 aliphatic rings. The van der Waals surface area contributed by atoms with Gasteiger partial charge in [-0.05, 0) is 36.8 Å². The van der Waals surface area contributed by atoms with E-state index >= 15 is 0 Å². The number of aliphatic hydroxyl groups excluding tert-OH is 1.